The lowest BCUT2D eigenvalue weighted by atomic mass is 10.2. The number of anilines is 1. The Morgan fingerprint density at radius 1 is 1.03 bits per heavy atom. The number of carbonyl (C=O) groups is 1. The zero-order chi connectivity index (χ0) is 23.3. The smallest absolute Gasteiger partial charge is 0.243 e. The van der Waals surface area contributed by atoms with Crippen molar-refractivity contribution in [1.82, 2.24) is 4.31 Å². The Morgan fingerprint density at radius 3 is 2.38 bits per heavy atom. The molecule has 1 amide bonds. The van der Waals surface area contributed by atoms with Crippen LogP contribution in [0.3, 0.4) is 0 Å². The van der Waals surface area contributed by atoms with Crippen LogP contribution in [-0.2, 0) is 21.4 Å². The van der Waals surface area contributed by atoms with E-state index < -0.39 is 22.5 Å². The quantitative estimate of drug-likeness (QED) is 0.472. The van der Waals surface area contributed by atoms with Gasteiger partial charge < -0.3 is 10.1 Å². The van der Waals surface area contributed by atoms with Crippen LogP contribution in [0.2, 0.25) is 10.0 Å². The topological polar surface area (TPSA) is 75.7 Å². The highest BCUT2D eigenvalue weighted by Gasteiger charge is 2.27. The van der Waals surface area contributed by atoms with Gasteiger partial charge in [-0.3, -0.25) is 4.79 Å². The standard InChI is InChI=1S/C23H22Cl2N2O4S/c1-16-6-9-20(10-7-16)32(29,30)27(14-17-4-3-5-18(24)12-17)15-23(28)26-19-8-11-22(31-2)21(25)13-19/h3-13H,14-15H2,1-2H3,(H,26,28). The fraction of sp³-hybridized carbons (Fsp3) is 0.174. The second kappa shape index (κ2) is 10.4. The summed E-state index contributed by atoms with van der Waals surface area (Å²) in [4.78, 5) is 12.9. The van der Waals surface area contributed by atoms with Gasteiger partial charge in [-0.25, -0.2) is 8.42 Å². The molecular formula is C23H22Cl2N2O4S. The van der Waals surface area contributed by atoms with Crippen LogP contribution in [0, 0.1) is 6.92 Å². The highest BCUT2D eigenvalue weighted by Crippen LogP contribution is 2.27. The number of benzene rings is 3. The van der Waals surface area contributed by atoms with Crippen molar-refractivity contribution in [2.24, 2.45) is 0 Å². The molecule has 0 bridgehead atoms. The van der Waals surface area contributed by atoms with E-state index in [4.69, 9.17) is 27.9 Å². The first-order valence-electron chi connectivity index (χ1n) is 9.63. The van der Waals surface area contributed by atoms with E-state index in [9.17, 15) is 13.2 Å². The molecule has 0 radical (unpaired) electrons. The molecule has 0 fully saturated rings. The van der Waals surface area contributed by atoms with Crippen molar-refractivity contribution in [3.05, 3.63) is 87.9 Å². The van der Waals surface area contributed by atoms with Gasteiger partial charge in [-0.2, -0.15) is 4.31 Å². The van der Waals surface area contributed by atoms with Gasteiger partial charge in [0.2, 0.25) is 15.9 Å². The SMILES string of the molecule is COc1ccc(NC(=O)CN(Cc2cccc(Cl)c2)S(=O)(=O)c2ccc(C)cc2)cc1Cl. The molecule has 1 N–H and O–H groups in total. The van der Waals surface area contributed by atoms with Crippen LogP contribution in [0.5, 0.6) is 5.75 Å². The van der Waals surface area contributed by atoms with Crippen LogP contribution < -0.4 is 10.1 Å². The predicted molar refractivity (Wildman–Crippen MR) is 127 cm³/mol. The number of methoxy groups -OCH3 is 1. The fourth-order valence-electron chi connectivity index (χ4n) is 3.03. The summed E-state index contributed by atoms with van der Waals surface area (Å²) in [5.41, 5.74) is 2.02. The van der Waals surface area contributed by atoms with Gasteiger partial charge in [0, 0.05) is 17.3 Å². The minimum Gasteiger partial charge on any atom is -0.495 e. The molecule has 3 aromatic rings. The molecule has 3 rings (SSSR count). The van der Waals surface area contributed by atoms with Crippen molar-refractivity contribution in [1.29, 1.82) is 0 Å². The second-order valence-corrected chi connectivity index (χ2v) is 9.90. The van der Waals surface area contributed by atoms with Gasteiger partial charge in [0.1, 0.15) is 5.75 Å². The number of nitrogens with zero attached hydrogens (tertiary/aromatic N) is 1. The fourth-order valence-corrected chi connectivity index (χ4v) is 4.88. The summed E-state index contributed by atoms with van der Waals surface area (Å²) in [6.45, 7) is 1.45. The van der Waals surface area contributed by atoms with Gasteiger partial charge in [0.05, 0.1) is 23.6 Å². The number of halogens is 2. The molecule has 3 aromatic carbocycles. The van der Waals surface area contributed by atoms with Crippen LogP contribution in [-0.4, -0.2) is 32.3 Å². The lowest BCUT2D eigenvalue weighted by Gasteiger charge is -2.22. The van der Waals surface area contributed by atoms with Gasteiger partial charge in [0.25, 0.3) is 0 Å². The monoisotopic (exact) mass is 492 g/mol. The van der Waals surface area contributed by atoms with Crippen molar-refractivity contribution < 1.29 is 17.9 Å². The molecule has 0 saturated heterocycles. The first kappa shape index (κ1) is 24.1. The summed E-state index contributed by atoms with van der Waals surface area (Å²) >= 11 is 12.2. The van der Waals surface area contributed by atoms with Gasteiger partial charge in [-0.1, -0.05) is 53.0 Å². The Kier molecular flexibility index (Phi) is 7.79. The maximum Gasteiger partial charge on any atom is 0.243 e. The Labute approximate surface area is 197 Å². The third kappa shape index (κ3) is 6.01. The lowest BCUT2D eigenvalue weighted by molar-refractivity contribution is -0.116. The number of carbonyl (C=O) groups excluding carboxylic acids is 1. The minimum atomic E-state index is -3.95. The third-order valence-corrected chi connectivity index (χ3v) is 7.00. The summed E-state index contributed by atoms with van der Waals surface area (Å²) < 4.78 is 32.9. The summed E-state index contributed by atoms with van der Waals surface area (Å²) in [5.74, 6) is -0.0434. The maximum atomic E-state index is 13.3. The van der Waals surface area contributed by atoms with E-state index in [-0.39, 0.29) is 11.4 Å². The van der Waals surface area contributed by atoms with Gasteiger partial charge in [-0.05, 0) is 55.0 Å². The molecular weight excluding hydrogens is 471 g/mol. The molecule has 0 heterocycles. The number of rotatable bonds is 8. The van der Waals surface area contributed by atoms with E-state index in [0.29, 0.717) is 27.0 Å². The number of sulfonamides is 1. The van der Waals surface area contributed by atoms with E-state index >= 15 is 0 Å². The Bertz CT molecular complexity index is 1210. The number of amides is 1. The van der Waals surface area contributed by atoms with E-state index in [0.717, 1.165) is 9.87 Å². The van der Waals surface area contributed by atoms with E-state index in [2.05, 4.69) is 5.32 Å². The predicted octanol–water partition coefficient (Wildman–Crippen LogP) is 5.14. The van der Waals surface area contributed by atoms with Crippen LogP contribution in [0.4, 0.5) is 5.69 Å². The molecule has 0 atom stereocenters. The number of nitrogens with one attached hydrogen (secondary N) is 1. The molecule has 0 aliphatic rings. The van der Waals surface area contributed by atoms with E-state index in [1.807, 2.05) is 6.92 Å². The normalized spacial score (nSPS) is 11.4. The van der Waals surface area contributed by atoms with Crippen LogP contribution in [0.25, 0.3) is 0 Å². The van der Waals surface area contributed by atoms with E-state index in [1.165, 1.54) is 25.3 Å². The van der Waals surface area contributed by atoms with Gasteiger partial charge >= 0.3 is 0 Å². The summed E-state index contributed by atoms with van der Waals surface area (Å²) in [5, 5.41) is 3.49. The highest BCUT2D eigenvalue weighted by molar-refractivity contribution is 7.89. The first-order valence-corrected chi connectivity index (χ1v) is 11.8. The average Bonchev–Trinajstić information content (AvgIpc) is 2.74. The molecule has 0 unspecified atom stereocenters. The molecule has 6 nitrogen and oxygen atoms in total. The zero-order valence-electron chi connectivity index (χ0n) is 17.5. The molecule has 0 spiro atoms. The van der Waals surface area contributed by atoms with Gasteiger partial charge in [0.15, 0.2) is 0 Å². The Morgan fingerprint density at radius 2 is 1.75 bits per heavy atom. The van der Waals surface area contributed by atoms with Crippen LogP contribution >= 0.6 is 23.2 Å². The van der Waals surface area contributed by atoms with Crippen molar-refractivity contribution >= 4 is 44.8 Å². The van der Waals surface area contributed by atoms with Gasteiger partial charge in [-0.15, -0.1) is 0 Å². The number of ether oxygens (including phenoxy) is 1. The summed E-state index contributed by atoms with van der Waals surface area (Å²) in [6.07, 6.45) is 0. The molecule has 0 aliphatic carbocycles. The number of hydrogen-bond donors (Lipinski definition) is 1. The highest BCUT2D eigenvalue weighted by atomic mass is 35.5. The average molecular weight is 493 g/mol. The van der Waals surface area contributed by atoms with E-state index in [1.54, 1.807) is 48.5 Å². The Hall–Kier alpha value is -2.58. The molecule has 32 heavy (non-hydrogen) atoms. The van der Waals surface area contributed by atoms with Crippen LogP contribution in [0.15, 0.2) is 71.6 Å². The summed E-state index contributed by atoms with van der Waals surface area (Å²) in [6, 6.07) is 18.1. The van der Waals surface area contributed by atoms with Crippen molar-refractivity contribution in [2.75, 3.05) is 19.0 Å². The van der Waals surface area contributed by atoms with Crippen LogP contribution in [0.1, 0.15) is 11.1 Å². The molecule has 0 saturated carbocycles. The van der Waals surface area contributed by atoms with Crippen molar-refractivity contribution in [2.45, 2.75) is 18.4 Å². The van der Waals surface area contributed by atoms with Crippen molar-refractivity contribution in [3.63, 3.8) is 0 Å². The minimum absolute atomic E-state index is 0.0203. The molecule has 9 heteroatoms. The maximum absolute atomic E-state index is 13.3. The largest absolute Gasteiger partial charge is 0.495 e. The second-order valence-electron chi connectivity index (χ2n) is 7.11. The molecule has 0 aromatic heterocycles. The van der Waals surface area contributed by atoms with Crippen molar-refractivity contribution in [3.8, 4) is 5.75 Å². The first-order chi connectivity index (χ1) is 15.2. The number of aryl methyl sites for hydroxylation is 1. The number of hydrogen-bond acceptors (Lipinski definition) is 4. The third-order valence-electron chi connectivity index (χ3n) is 4.66. The zero-order valence-corrected chi connectivity index (χ0v) is 19.8. The lowest BCUT2D eigenvalue weighted by Crippen LogP contribution is -2.37. The Balaban J connectivity index is 1.87. The summed E-state index contributed by atoms with van der Waals surface area (Å²) in [7, 11) is -2.46. The molecule has 168 valence electrons. The molecule has 0 aliphatic heterocycles.